The zero-order chi connectivity index (χ0) is 14.4. The number of aromatic nitrogens is 2. The molecule has 0 aliphatic heterocycles. The second kappa shape index (κ2) is 4.22. The topological polar surface area (TPSA) is 25.8 Å². The van der Waals surface area contributed by atoms with Crippen LogP contribution < -0.4 is 0 Å². The Hall–Kier alpha value is -1.57. The average Bonchev–Trinajstić information content (AvgIpc) is 2.25. The molecule has 0 spiro atoms. The number of alkyl halides is 6. The Morgan fingerprint density at radius 1 is 0.842 bits per heavy atom. The Bertz CT molecular complexity index is 634. The van der Waals surface area contributed by atoms with Gasteiger partial charge in [0.15, 0.2) is 11.4 Å². The Morgan fingerprint density at radius 3 is 1.89 bits per heavy atom. The molecule has 0 fully saturated rings. The third kappa shape index (κ3) is 2.58. The van der Waals surface area contributed by atoms with Gasteiger partial charge in [-0.3, -0.25) is 0 Å². The maximum atomic E-state index is 12.6. The van der Waals surface area contributed by atoms with Crippen LogP contribution in [-0.2, 0) is 12.4 Å². The Morgan fingerprint density at radius 2 is 1.37 bits per heavy atom. The molecule has 2 aromatic rings. The molecular formula is C10H3ClF6N2. The van der Waals surface area contributed by atoms with Crippen LogP contribution in [0.15, 0.2) is 18.2 Å². The highest BCUT2D eigenvalue weighted by Crippen LogP contribution is 2.39. The highest BCUT2D eigenvalue weighted by atomic mass is 35.5. The van der Waals surface area contributed by atoms with Gasteiger partial charge in [-0.2, -0.15) is 26.3 Å². The maximum absolute atomic E-state index is 12.6. The zero-order valence-electron chi connectivity index (χ0n) is 8.77. The lowest BCUT2D eigenvalue weighted by Gasteiger charge is -2.14. The molecule has 0 bridgehead atoms. The first-order valence-corrected chi connectivity index (χ1v) is 5.09. The molecule has 0 saturated heterocycles. The van der Waals surface area contributed by atoms with E-state index in [9.17, 15) is 26.3 Å². The summed E-state index contributed by atoms with van der Waals surface area (Å²) in [7, 11) is 0. The second-order valence-electron chi connectivity index (χ2n) is 3.52. The fraction of sp³-hybridized carbons (Fsp3) is 0.200. The second-order valence-corrected chi connectivity index (χ2v) is 3.93. The normalized spacial score (nSPS) is 13.0. The third-order valence-electron chi connectivity index (χ3n) is 2.18. The van der Waals surface area contributed by atoms with E-state index in [1.54, 1.807) is 0 Å². The summed E-state index contributed by atoms with van der Waals surface area (Å²) < 4.78 is 75.5. The van der Waals surface area contributed by atoms with Crippen molar-refractivity contribution in [1.29, 1.82) is 0 Å². The van der Waals surface area contributed by atoms with E-state index in [2.05, 4.69) is 9.97 Å². The summed E-state index contributed by atoms with van der Waals surface area (Å²) in [4.78, 5) is 5.95. The van der Waals surface area contributed by atoms with Crippen LogP contribution in [-0.4, -0.2) is 9.97 Å². The molecule has 0 amide bonds. The summed E-state index contributed by atoms with van der Waals surface area (Å²) >= 11 is 5.59. The van der Waals surface area contributed by atoms with E-state index in [1.165, 1.54) is 12.1 Å². The van der Waals surface area contributed by atoms with E-state index >= 15 is 0 Å². The first-order valence-electron chi connectivity index (χ1n) is 4.71. The fourth-order valence-corrected chi connectivity index (χ4v) is 1.65. The molecule has 0 unspecified atom stereocenters. The monoisotopic (exact) mass is 300 g/mol. The van der Waals surface area contributed by atoms with Crippen molar-refractivity contribution in [2.75, 3.05) is 0 Å². The molecule has 0 radical (unpaired) electrons. The molecule has 0 atom stereocenters. The van der Waals surface area contributed by atoms with Crippen LogP contribution in [0.1, 0.15) is 11.4 Å². The number of nitrogens with zero attached hydrogens (tertiary/aromatic N) is 2. The van der Waals surface area contributed by atoms with Crippen LogP contribution >= 0.6 is 11.6 Å². The molecule has 102 valence electrons. The standard InChI is InChI=1S/C10H3ClF6N2/c11-4-2-1-3-5-6(4)19-8(10(15,16)17)7(18-5)9(12,13)14/h1-3H. The number of hydrogen-bond donors (Lipinski definition) is 0. The summed E-state index contributed by atoms with van der Waals surface area (Å²) in [5, 5.41) is -0.204. The number of benzene rings is 1. The van der Waals surface area contributed by atoms with Crippen molar-refractivity contribution in [2.45, 2.75) is 12.4 Å². The van der Waals surface area contributed by atoms with Gasteiger partial charge in [-0.05, 0) is 12.1 Å². The molecule has 0 N–H and O–H groups in total. The van der Waals surface area contributed by atoms with Gasteiger partial charge in [0, 0.05) is 0 Å². The number of hydrogen-bond acceptors (Lipinski definition) is 2. The summed E-state index contributed by atoms with van der Waals surface area (Å²) in [6.07, 6.45) is -10.5. The summed E-state index contributed by atoms with van der Waals surface area (Å²) in [6, 6.07) is 3.59. The van der Waals surface area contributed by atoms with E-state index in [0.717, 1.165) is 6.07 Å². The van der Waals surface area contributed by atoms with Crippen molar-refractivity contribution in [1.82, 2.24) is 9.97 Å². The van der Waals surface area contributed by atoms with Gasteiger partial charge >= 0.3 is 12.4 Å². The van der Waals surface area contributed by atoms with Crippen LogP contribution in [0.4, 0.5) is 26.3 Å². The van der Waals surface area contributed by atoms with Crippen molar-refractivity contribution in [3.8, 4) is 0 Å². The van der Waals surface area contributed by atoms with E-state index < -0.39 is 29.3 Å². The molecule has 1 aromatic carbocycles. The highest BCUT2D eigenvalue weighted by molar-refractivity contribution is 6.34. The van der Waals surface area contributed by atoms with Crippen LogP contribution in [0.25, 0.3) is 11.0 Å². The van der Waals surface area contributed by atoms with Crippen LogP contribution in [0.3, 0.4) is 0 Å². The van der Waals surface area contributed by atoms with Crippen molar-refractivity contribution >= 4 is 22.6 Å². The van der Waals surface area contributed by atoms with Crippen LogP contribution in [0.5, 0.6) is 0 Å². The van der Waals surface area contributed by atoms with Crippen molar-refractivity contribution in [3.05, 3.63) is 34.6 Å². The lowest BCUT2D eigenvalue weighted by atomic mass is 10.2. The number of para-hydroxylation sites is 1. The van der Waals surface area contributed by atoms with Gasteiger partial charge < -0.3 is 0 Å². The minimum atomic E-state index is -5.27. The Balaban J connectivity index is 2.87. The molecular weight excluding hydrogens is 298 g/mol. The Kier molecular flexibility index (Phi) is 3.08. The molecule has 0 aliphatic carbocycles. The minimum Gasteiger partial charge on any atom is -0.239 e. The third-order valence-corrected chi connectivity index (χ3v) is 2.49. The molecule has 2 nitrogen and oxygen atoms in total. The van der Waals surface area contributed by atoms with Crippen molar-refractivity contribution < 1.29 is 26.3 Å². The first kappa shape index (κ1) is 13.9. The van der Waals surface area contributed by atoms with Gasteiger partial charge in [-0.1, -0.05) is 17.7 Å². The van der Waals surface area contributed by atoms with Crippen LogP contribution in [0, 0.1) is 0 Å². The molecule has 1 heterocycles. The zero-order valence-corrected chi connectivity index (χ0v) is 9.53. The van der Waals surface area contributed by atoms with Gasteiger partial charge in [0.25, 0.3) is 0 Å². The van der Waals surface area contributed by atoms with E-state index in [-0.39, 0.29) is 10.5 Å². The van der Waals surface area contributed by atoms with Crippen LogP contribution in [0.2, 0.25) is 5.02 Å². The molecule has 0 aliphatic rings. The minimum absolute atomic E-state index is 0.204. The molecule has 9 heteroatoms. The number of fused-ring (bicyclic) bond motifs is 1. The van der Waals surface area contributed by atoms with E-state index in [1.807, 2.05) is 0 Å². The number of rotatable bonds is 0. The van der Waals surface area contributed by atoms with Crippen molar-refractivity contribution in [2.24, 2.45) is 0 Å². The number of halogens is 7. The summed E-state index contributed by atoms with van der Waals surface area (Å²) in [5.74, 6) is 0. The largest absolute Gasteiger partial charge is 0.435 e. The SMILES string of the molecule is FC(F)(F)c1nc2cccc(Cl)c2nc1C(F)(F)F. The Labute approximate surface area is 107 Å². The fourth-order valence-electron chi connectivity index (χ4n) is 1.44. The molecule has 0 saturated carbocycles. The summed E-state index contributed by atoms with van der Waals surface area (Å²) in [6.45, 7) is 0. The lowest BCUT2D eigenvalue weighted by molar-refractivity contribution is -0.167. The molecule has 2 rings (SSSR count). The van der Waals surface area contributed by atoms with Gasteiger partial charge in [0.05, 0.1) is 10.5 Å². The molecule has 1 aromatic heterocycles. The van der Waals surface area contributed by atoms with E-state index in [0.29, 0.717) is 0 Å². The van der Waals surface area contributed by atoms with Crippen molar-refractivity contribution in [3.63, 3.8) is 0 Å². The quantitative estimate of drug-likeness (QED) is 0.677. The smallest absolute Gasteiger partial charge is 0.239 e. The highest BCUT2D eigenvalue weighted by Gasteiger charge is 2.46. The van der Waals surface area contributed by atoms with Gasteiger partial charge in [0.1, 0.15) is 5.52 Å². The summed E-state index contributed by atoms with van der Waals surface area (Å²) in [5.41, 5.74) is -4.95. The average molecular weight is 301 g/mol. The van der Waals surface area contributed by atoms with Gasteiger partial charge in [-0.15, -0.1) is 0 Å². The molecule has 19 heavy (non-hydrogen) atoms. The van der Waals surface area contributed by atoms with E-state index in [4.69, 9.17) is 11.6 Å². The van der Waals surface area contributed by atoms with Gasteiger partial charge in [-0.25, -0.2) is 9.97 Å². The van der Waals surface area contributed by atoms with Gasteiger partial charge in [0.2, 0.25) is 0 Å². The first-order chi connectivity index (χ1) is 8.60. The predicted molar refractivity (Wildman–Crippen MR) is 54.6 cm³/mol. The lowest BCUT2D eigenvalue weighted by Crippen LogP contribution is -2.20. The predicted octanol–water partition coefficient (Wildman–Crippen LogP) is 4.32. The maximum Gasteiger partial charge on any atom is 0.435 e.